The molecule has 0 spiro atoms. The van der Waals surface area contributed by atoms with Gasteiger partial charge in [0.05, 0.1) is 79.3 Å². The molecule has 0 aliphatic rings. The van der Waals surface area contributed by atoms with Crippen molar-refractivity contribution in [2.24, 2.45) is 0 Å². The fourth-order valence-corrected chi connectivity index (χ4v) is 10.1. The van der Waals surface area contributed by atoms with Gasteiger partial charge in [0.15, 0.2) is 0 Å². The van der Waals surface area contributed by atoms with Crippen LogP contribution in [0.25, 0.3) is 0 Å². The molecule has 0 aliphatic heterocycles. The van der Waals surface area contributed by atoms with Crippen LogP contribution in [0.5, 0.6) is 11.8 Å². The molecular formula is C45H42BrCl4F6N7O11S2. The van der Waals surface area contributed by atoms with Gasteiger partial charge in [-0.3, -0.25) is 14.4 Å². The topological polar surface area (TPSA) is 210 Å². The maximum atomic E-state index is 13.5. The number of ketones is 1. The van der Waals surface area contributed by atoms with Crippen LogP contribution in [0, 0.1) is 0 Å². The fraction of sp³-hybridized carbons (Fsp3) is 0.244. The van der Waals surface area contributed by atoms with Crippen molar-refractivity contribution in [1.29, 1.82) is 0 Å². The molecule has 0 bridgehead atoms. The van der Waals surface area contributed by atoms with E-state index in [1.165, 1.54) is 66.1 Å². The van der Waals surface area contributed by atoms with Gasteiger partial charge in [-0.05, 0) is 88.7 Å². The van der Waals surface area contributed by atoms with Crippen molar-refractivity contribution in [3.8, 4) is 11.8 Å². The van der Waals surface area contributed by atoms with Gasteiger partial charge >= 0.3 is 12.4 Å². The minimum absolute atomic E-state index is 0. The number of aromatic nitrogens is 4. The van der Waals surface area contributed by atoms with Crippen molar-refractivity contribution >= 4 is 105 Å². The molecule has 0 unspecified atom stereocenters. The molecule has 0 saturated carbocycles. The van der Waals surface area contributed by atoms with E-state index < -0.39 is 82.6 Å². The monoisotopic (exact) mass is 1250 g/mol. The Labute approximate surface area is 460 Å². The van der Waals surface area contributed by atoms with E-state index in [-0.39, 0.29) is 56.5 Å². The molecule has 0 radical (unpaired) electrons. The Bertz CT molecular complexity index is 3250. The highest BCUT2D eigenvalue weighted by atomic mass is 79.9. The number of pyridine rings is 4. The zero-order chi connectivity index (χ0) is 56.2. The summed E-state index contributed by atoms with van der Waals surface area (Å²) in [6.45, 7) is -1.16. The molecule has 18 nitrogen and oxygen atoms in total. The Kier molecular flexibility index (Phi) is 23.5. The van der Waals surface area contributed by atoms with Crippen LogP contribution in [-0.4, -0.2) is 110 Å². The molecular weight excluding hydrogens is 1210 g/mol. The first kappa shape index (κ1) is 64.7. The van der Waals surface area contributed by atoms with Crippen molar-refractivity contribution in [3.63, 3.8) is 0 Å². The van der Waals surface area contributed by atoms with E-state index in [1.807, 2.05) is 0 Å². The Morgan fingerprint density at radius 2 is 1.04 bits per heavy atom. The first-order valence-electron chi connectivity index (χ1n) is 20.2. The standard InChI is InChI=1S/C21H16Cl2F3N3O5S.C14H10BrCl2F3N2O3S.C9H12N2O3.CH4/c1-33-11-29(35(31,32)13-5-6-16(23)15(9-13)21(24,25)26)17-8-12(22)10-28-18(17)19(30)14-4-3-7-27-20(14)34-2;1-25-7-22(12-4-8(16)6-21-13(12)15)26(23,24)9-2-3-11(17)10(5-9)14(18,19)20;1-11(14-3)9(12)7-5-4-6-10-8(7)13-2;/h3-10H,11H2,1-2H3;2-6H,7H2,1H3;4-6H,1-3H3;1H4. The first-order chi connectivity index (χ1) is 35.1. The number of anilines is 2. The third-order valence-electron chi connectivity index (χ3n) is 9.49. The molecule has 6 aromatic rings. The van der Waals surface area contributed by atoms with Crippen molar-refractivity contribution in [2.45, 2.75) is 29.6 Å². The lowest BCUT2D eigenvalue weighted by molar-refractivity contribution is -0.138. The molecule has 1 amide bonds. The Hall–Kier alpha value is -5.62. The number of hydroxylamine groups is 2. The number of hydrogen-bond acceptors (Lipinski definition) is 15. The summed E-state index contributed by atoms with van der Waals surface area (Å²) in [5, 5.41) is -0.0942. The summed E-state index contributed by atoms with van der Waals surface area (Å²) in [6.07, 6.45) is -4.40. The normalized spacial score (nSPS) is 11.4. The molecule has 31 heteroatoms. The number of benzene rings is 2. The lowest BCUT2D eigenvalue weighted by atomic mass is 10.1. The van der Waals surface area contributed by atoms with Gasteiger partial charge in [0.2, 0.25) is 17.5 Å². The SMILES string of the molecule is C.COCN(c1cc(Cl)cnc1Br)S(=O)(=O)c1ccc(Cl)c(C(F)(F)F)c1.COCN(c1cc(Cl)cnc1C(=O)c1cccnc1OC)S(=O)(=O)c1ccc(Cl)c(C(F)(F)F)c1.COc1ncccc1C(=O)N(C)OC. The average Bonchev–Trinajstić information content (AvgIpc) is 3.37. The number of carbonyl (C=O) groups is 2. The highest BCUT2D eigenvalue weighted by Crippen LogP contribution is 2.40. The second-order valence-electron chi connectivity index (χ2n) is 14.2. The molecule has 0 saturated heterocycles. The first-order valence-corrected chi connectivity index (χ1v) is 25.4. The highest BCUT2D eigenvalue weighted by Gasteiger charge is 2.38. The largest absolute Gasteiger partial charge is 0.480 e. The zero-order valence-electron chi connectivity index (χ0n) is 39.2. The molecule has 0 fully saturated rings. The molecule has 0 atom stereocenters. The van der Waals surface area contributed by atoms with Crippen LogP contribution in [0.3, 0.4) is 0 Å². The number of carbonyl (C=O) groups excluding carboxylic acids is 2. The highest BCUT2D eigenvalue weighted by molar-refractivity contribution is 9.10. The van der Waals surface area contributed by atoms with Crippen molar-refractivity contribution in [2.75, 3.05) is 64.7 Å². The predicted octanol–water partition coefficient (Wildman–Crippen LogP) is 11.2. The van der Waals surface area contributed by atoms with Gasteiger partial charge in [0.1, 0.15) is 29.3 Å². The minimum Gasteiger partial charge on any atom is -0.480 e. The number of hydrogen-bond donors (Lipinski definition) is 0. The summed E-state index contributed by atoms with van der Waals surface area (Å²) in [6, 6.07) is 13.0. The third kappa shape index (κ3) is 15.8. The number of methoxy groups -OCH3 is 4. The average molecular weight is 1260 g/mol. The van der Waals surface area contributed by atoms with E-state index in [9.17, 15) is 52.8 Å². The molecule has 4 aromatic heterocycles. The van der Waals surface area contributed by atoms with Gasteiger partial charge in [0, 0.05) is 46.1 Å². The van der Waals surface area contributed by atoms with Crippen molar-refractivity contribution < 1.29 is 76.6 Å². The lowest BCUT2D eigenvalue weighted by Crippen LogP contribution is -2.34. The Balaban J connectivity index is 0.000000325. The maximum absolute atomic E-state index is 13.5. The van der Waals surface area contributed by atoms with Gasteiger partial charge < -0.3 is 18.9 Å². The van der Waals surface area contributed by atoms with E-state index in [4.69, 9.17) is 70.2 Å². The number of halogens is 11. The number of sulfonamides is 2. The van der Waals surface area contributed by atoms with E-state index >= 15 is 0 Å². The van der Waals surface area contributed by atoms with Gasteiger partial charge in [-0.1, -0.05) is 53.8 Å². The number of nitrogens with zero attached hydrogens (tertiary/aromatic N) is 7. The molecule has 0 N–H and O–H groups in total. The number of amides is 1. The quantitative estimate of drug-likeness (QED) is 0.0290. The van der Waals surface area contributed by atoms with Crippen LogP contribution in [0.1, 0.15) is 45.0 Å². The molecule has 412 valence electrons. The number of rotatable bonds is 16. The van der Waals surface area contributed by atoms with Crippen LogP contribution in [0.15, 0.2) is 112 Å². The summed E-state index contributed by atoms with van der Waals surface area (Å²) in [7, 11) is -1.08. The summed E-state index contributed by atoms with van der Waals surface area (Å²) in [5.74, 6) is -0.822. The summed E-state index contributed by atoms with van der Waals surface area (Å²) < 4.78 is 153. The molecule has 0 aliphatic carbocycles. The van der Waals surface area contributed by atoms with Gasteiger partial charge in [0.25, 0.3) is 26.0 Å². The maximum Gasteiger partial charge on any atom is 0.417 e. The van der Waals surface area contributed by atoms with Crippen LogP contribution >= 0.6 is 62.3 Å². The molecule has 4 heterocycles. The van der Waals surface area contributed by atoms with Crippen LogP contribution in [-0.2, 0) is 46.7 Å². The molecule has 2 aromatic carbocycles. The van der Waals surface area contributed by atoms with Gasteiger partial charge in [-0.2, -0.15) is 26.3 Å². The van der Waals surface area contributed by atoms with Gasteiger partial charge in [-0.25, -0.2) is 50.4 Å². The van der Waals surface area contributed by atoms with Crippen LogP contribution in [0.2, 0.25) is 20.1 Å². The van der Waals surface area contributed by atoms with Crippen LogP contribution in [0.4, 0.5) is 37.7 Å². The summed E-state index contributed by atoms with van der Waals surface area (Å²) >= 11 is 26.2. The fourth-order valence-electron chi connectivity index (χ4n) is 5.99. The summed E-state index contributed by atoms with van der Waals surface area (Å²) in [5.41, 5.74) is -2.99. The van der Waals surface area contributed by atoms with Crippen molar-refractivity contribution in [3.05, 3.63) is 150 Å². The summed E-state index contributed by atoms with van der Waals surface area (Å²) in [4.78, 5) is 44.1. The van der Waals surface area contributed by atoms with E-state index in [0.717, 1.165) is 53.0 Å². The molecule has 6 rings (SSSR count). The second-order valence-corrected chi connectivity index (χ2v) is 20.4. The van der Waals surface area contributed by atoms with Gasteiger partial charge in [-0.15, -0.1) is 0 Å². The van der Waals surface area contributed by atoms with Crippen molar-refractivity contribution in [1.82, 2.24) is 25.0 Å². The predicted molar refractivity (Wildman–Crippen MR) is 273 cm³/mol. The van der Waals surface area contributed by atoms with Crippen LogP contribution < -0.4 is 18.1 Å². The van der Waals surface area contributed by atoms with E-state index in [0.29, 0.717) is 27.9 Å². The lowest BCUT2D eigenvalue weighted by Gasteiger charge is -2.25. The third-order valence-corrected chi connectivity index (χ3v) is 14.6. The Morgan fingerprint density at radius 1 is 0.618 bits per heavy atom. The van der Waals surface area contributed by atoms with E-state index in [1.54, 1.807) is 18.3 Å². The van der Waals surface area contributed by atoms with E-state index in [2.05, 4.69) is 35.9 Å². The smallest absolute Gasteiger partial charge is 0.417 e. The Morgan fingerprint density at radius 3 is 1.47 bits per heavy atom. The molecule has 76 heavy (non-hydrogen) atoms. The number of alkyl halides is 6. The second kappa shape index (κ2) is 27.6. The minimum atomic E-state index is -4.91. The number of ether oxygens (including phenoxy) is 4. The zero-order valence-corrected chi connectivity index (χ0v) is 45.5.